The van der Waals surface area contributed by atoms with Gasteiger partial charge in [-0.3, -0.25) is 9.48 Å². The molecule has 1 aliphatic rings. The van der Waals surface area contributed by atoms with Crippen molar-refractivity contribution in [1.29, 1.82) is 0 Å². The van der Waals surface area contributed by atoms with Gasteiger partial charge in [-0.25, -0.2) is 0 Å². The highest BCUT2D eigenvalue weighted by molar-refractivity contribution is 5.78. The Morgan fingerprint density at radius 2 is 2.12 bits per heavy atom. The fraction of sp³-hybridized carbons (Fsp3) is 0.692. The third kappa shape index (κ3) is 1.91. The summed E-state index contributed by atoms with van der Waals surface area (Å²) in [5.41, 5.74) is 2.93. The fourth-order valence-electron chi connectivity index (χ4n) is 2.41. The second kappa shape index (κ2) is 4.81. The first-order chi connectivity index (χ1) is 7.80. The van der Waals surface area contributed by atoms with E-state index in [0.29, 0.717) is 0 Å². The number of aldehydes is 1. The van der Waals surface area contributed by atoms with Crippen molar-refractivity contribution in [1.82, 2.24) is 9.78 Å². The lowest BCUT2D eigenvalue weighted by Crippen LogP contribution is -2.20. The highest BCUT2D eigenvalue weighted by Crippen LogP contribution is 2.28. The van der Waals surface area contributed by atoms with Gasteiger partial charge < -0.3 is 0 Å². The van der Waals surface area contributed by atoms with Crippen molar-refractivity contribution >= 4 is 6.29 Å². The molecule has 16 heavy (non-hydrogen) atoms. The van der Waals surface area contributed by atoms with Crippen molar-refractivity contribution in [2.45, 2.75) is 52.5 Å². The zero-order chi connectivity index (χ0) is 11.5. The summed E-state index contributed by atoms with van der Waals surface area (Å²) in [6.07, 6.45) is 6.71. The number of aryl methyl sites for hydroxylation is 1. The fourth-order valence-corrected chi connectivity index (χ4v) is 2.41. The van der Waals surface area contributed by atoms with Crippen LogP contribution in [0.15, 0.2) is 0 Å². The van der Waals surface area contributed by atoms with Crippen LogP contribution in [0.25, 0.3) is 0 Å². The average molecular weight is 220 g/mol. The van der Waals surface area contributed by atoms with Gasteiger partial charge in [0.2, 0.25) is 0 Å². The first kappa shape index (κ1) is 11.4. The highest BCUT2D eigenvalue weighted by atomic mass is 16.1. The first-order valence-electron chi connectivity index (χ1n) is 6.33. The van der Waals surface area contributed by atoms with Gasteiger partial charge in [0.05, 0.1) is 11.3 Å². The molecule has 1 fully saturated rings. The van der Waals surface area contributed by atoms with E-state index >= 15 is 0 Å². The van der Waals surface area contributed by atoms with Gasteiger partial charge in [0.25, 0.3) is 0 Å². The van der Waals surface area contributed by atoms with Crippen molar-refractivity contribution < 1.29 is 4.79 Å². The van der Waals surface area contributed by atoms with E-state index in [9.17, 15) is 4.79 Å². The monoisotopic (exact) mass is 220 g/mol. The smallest absolute Gasteiger partial charge is 0.153 e. The number of carbonyl (C=O) groups excluding carboxylic acids is 1. The van der Waals surface area contributed by atoms with Crippen molar-refractivity contribution in [3.8, 4) is 0 Å². The van der Waals surface area contributed by atoms with Crippen LogP contribution >= 0.6 is 0 Å². The van der Waals surface area contributed by atoms with Gasteiger partial charge in [0.1, 0.15) is 0 Å². The molecule has 2 rings (SSSR count). The largest absolute Gasteiger partial charge is 0.298 e. The van der Waals surface area contributed by atoms with Crippen LogP contribution < -0.4 is 0 Å². The van der Waals surface area contributed by atoms with E-state index in [1.54, 1.807) is 0 Å². The van der Waals surface area contributed by atoms with Gasteiger partial charge >= 0.3 is 0 Å². The molecule has 0 unspecified atom stereocenters. The molecule has 1 aromatic heterocycles. The Labute approximate surface area is 96.8 Å². The van der Waals surface area contributed by atoms with Gasteiger partial charge in [-0.05, 0) is 31.6 Å². The molecule has 0 aromatic carbocycles. The maximum atomic E-state index is 11.1. The molecule has 1 heterocycles. The summed E-state index contributed by atoms with van der Waals surface area (Å²) in [5.74, 6) is 0.786. The van der Waals surface area contributed by atoms with E-state index < -0.39 is 0 Å². The molecule has 3 nitrogen and oxygen atoms in total. The Bertz CT molecular complexity index is 378. The molecular weight excluding hydrogens is 200 g/mol. The molecule has 0 aliphatic heterocycles. The Morgan fingerprint density at radius 1 is 1.38 bits per heavy atom. The third-order valence-corrected chi connectivity index (χ3v) is 3.62. The summed E-state index contributed by atoms with van der Waals surface area (Å²) in [5, 5.41) is 4.58. The quantitative estimate of drug-likeness (QED) is 0.715. The van der Waals surface area contributed by atoms with Crippen LogP contribution in [0, 0.1) is 5.92 Å². The molecule has 1 aliphatic carbocycles. The molecule has 88 valence electrons. The molecular formula is C13H20N2O. The molecule has 0 N–H and O–H groups in total. The van der Waals surface area contributed by atoms with Gasteiger partial charge in [-0.1, -0.05) is 20.3 Å². The number of hydrogen-bond donors (Lipinski definition) is 0. The Balaban J connectivity index is 2.27. The predicted octanol–water partition coefficient (Wildman–Crippen LogP) is 2.62. The van der Waals surface area contributed by atoms with Crippen LogP contribution in [0.4, 0.5) is 0 Å². The van der Waals surface area contributed by atoms with Gasteiger partial charge in [0.15, 0.2) is 6.29 Å². The zero-order valence-corrected chi connectivity index (χ0v) is 10.2. The third-order valence-electron chi connectivity index (χ3n) is 3.62. The van der Waals surface area contributed by atoms with Crippen LogP contribution in [-0.2, 0) is 19.4 Å². The predicted molar refractivity (Wildman–Crippen MR) is 63.7 cm³/mol. The Morgan fingerprint density at radius 3 is 2.56 bits per heavy atom. The van der Waals surface area contributed by atoms with Gasteiger partial charge in [-0.2, -0.15) is 5.10 Å². The van der Waals surface area contributed by atoms with E-state index in [1.807, 2.05) is 0 Å². The highest BCUT2D eigenvalue weighted by Gasteiger charge is 2.21. The summed E-state index contributed by atoms with van der Waals surface area (Å²) < 4.78 is 2.08. The molecule has 0 radical (unpaired) electrons. The lowest BCUT2D eigenvalue weighted by atomic mass is 9.85. The van der Waals surface area contributed by atoms with E-state index in [4.69, 9.17) is 0 Å². The summed E-state index contributed by atoms with van der Waals surface area (Å²) >= 11 is 0. The average Bonchev–Trinajstić information content (AvgIpc) is 2.60. The standard InChI is InChI=1S/C13H20N2O/c1-3-12-11(9-16)13(4-2)15(14-12)8-10-6-5-7-10/h9-10H,3-8H2,1-2H3. The molecule has 0 saturated heterocycles. The van der Waals surface area contributed by atoms with Gasteiger partial charge in [0, 0.05) is 12.2 Å². The van der Waals surface area contributed by atoms with Crippen molar-refractivity contribution in [2.75, 3.05) is 0 Å². The topological polar surface area (TPSA) is 34.9 Å². The zero-order valence-electron chi connectivity index (χ0n) is 10.2. The lowest BCUT2D eigenvalue weighted by Gasteiger charge is -2.25. The van der Waals surface area contributed by atoms with Gasteiger partial charge in [-0.15, -0.1) is 0 Å². The summed E-state index contributed by atoms with van der Waals surface area (Å²) in [6.45, 7) is 5.16. The second-order valence-corrected chi connectivity index (χ2v) is 4.61. The van der Waals surface area contributed by atoms with Crippen LogP contribution in [0.1, 0.15) is 54.9 Å². The summed E-state index contributed by atoms with van der Waals surface area (Å²) in [7, 11) is 0. The number of nitrogens with zero attached hydrogens (tertiary/aromatic N) is 2. The molecule has 0 amide bonds. The van der Waals surface area contributed by atoms with Crippen LogP contribution in [0.5, 0.6) is 0 Å². The maximum absolute atomic E-state index is 11.1. The molecule has 0 atom stereocenters. The first-order valence-corrected chi connectivity index (χ1v) is 6.33. The second-order valence-electron chi connectivity index (χ2n) is 4.61. The number of rotatable bonds is 5. The molecule has 1 saturated carbocycles. The normalized spacial score (nSPS) is 16.1. The van der Waals surface area contributed by atoms with Crippen LogP contribution in [0.2, 0.25) is 0 Å². The Kier molecular flexibility index (Phi) is 3.42. The number of hydrogen-bond acceptors (Lipinski definition) is 2. The van der Waals surface area contributed by atoms with Crippen LogP contribution in [0.3, 0.4) is 0 Å². The van der Waals surface area contributed by atoms with Crippen LogP contribution in [-0.4, -0.2) is 16.1 Å². The van der Waals surface area contributed by atoms with Crippen molar-refractivity contribution in [3.63, 3.8) is 0 Å². The van der Waals surface area contributed by atoms with E-state index in [0.717, 1.165) is 48.5 Å². The minimum absolute atomic E-state index is 0.786. The number of carbonyl (C=O) groups is 1. The molecule has 0 bridgehead atoms. The minimum Gasteiger partial charge on any atom is -0.298 e. The maximum Gasteiger partial charge on any atom is 0.153 e. The molecule has 0 spiro atoms. The molecule has 3 heteroatoms. The molecule has 1 aromatic rings. The van der Waals surface area contributed by atoms with E-state index in [1.165, 1.54) is 19.3 Å². The minimum atomic E-state index is 0.786. The summed E-state index contributed by atoms with van der Waals surface area (Å²) in [4.78, 5) is 11.1. The SMILES string of the molecule is CCc1nn(CC2CCC2)c(CC)c1C=O. The Hall–Kier alpha value is -1.12. The van der Waals surface area contributed by atoms with Crippen molar-refractivity contribution in [2.24, 2.45) is 5.92 Å². The van der Waals surface area contributed by atoms with Crippen molar-refractivity contribution in [3.05, 3.63) is 17.0 Å². The summed E-state index contributed by atoms with van der Waals surface area (Å²) in [6, 6.07) is 0. The van der Waals surface area contributed by atoms with E-state index in [-0.39, 0.29) is 0 Å². The van der Waals surface area contributed by atoms with E-state index in [2.05, 4.69) is 23.6 Å². The lowest BCUT2D eigenvalue weighted by molar-refractivity contribution is 0.112. The number of aromatic nitrogens is 2.